The molecule has 2 saturated carbocycles. The van der Waals surface area contributed by atoms with Gasteiger partial charge in [-0.05, 0) is 69.4 Å². The average Bonchev–Trinajstić information content (AvgIpc) is 2.97. The van der Waals surface area contributed by atoms with E-state index in [1.807, 2.05) is 0 Å². The van der Waals surface area contributed by atoms with E-state index in [9.17, 15) is 4.79 Å². The van der Waals surface area contributed by atoms with Gasteiger partial charge in [0.1, 0.15) is 6.10 Å². The third-order valence-electron chi connectivity index (χ3n) is 7.73. The highest BCUT2D eigenvalue weighted by atomic mass is 16.6. The maximum atomic E-state index is 12.5. The second-order valence-electron chi connectivity index (χ2n) is 9.11. The van der Waals surface area contributed by atoms with Crippen LogP contribution in [0.3, 0.4) is 0 Å². The fraction of sp³-hybridized carbons (Fsp3) is 0.947. The van der Waals surface area contributed by atoms with Gasteiger partial charge in [-0.3, -0.25) is 4.79 Å². The molecular formula is C19H29NO3. The minimum Gasteiger partial charge on any atom is -0.462 e. The Morgan fingerprint density at radius 1 is 1.22 bits per heavy atom. The third-order valence-corrected chi connectivity index (χ3v) is 7.73. The standard InChI is InChI=1S/C19H29NO3/c1-18-5-4-6-19(12-22-19)16(18)9-13-14(11-20-7-2-3-8-20)17(21)23-15(13)10-18/h13-16H,2-12H2,1H3. The molecule has 5 fully saturated rings. The zero-order chi connectivity index (χ0) is 15.7. The van der Waals surface area contributed by atoms with Gasteiger partial charge >= 0.3 is 5.97 Å². The normalized spacial score (nSPS) is 52.3. The lowest BCUT2D eigenvalue weighted by atomic mass is 9.53. The quantitative estimate of drug-likeness (QED) is 0.579. The number of nitrogens with zero attached hydrogens (tertiary/aromatic N) is 1. The van der Waals surface area contributed by atoms with Crippen LogP contribution in [-0.4, -0.2) is 48.8 Å². The van der Waals surface area contributed by atoms with Gasteiger partial charge in [-0.2, -0.15) is 0 Å². The lowest BCUT2D eigenvalue weighted by Crippen LogP contribution is -2.51. The summed E-state index contributed by atoms with van der Waals surface area (Å²) in [5.41, 5.74) is 0.487. The average molecular weight is 319 g/mol. The Kier molecular flexibility index (Phi) is 3.17. The van der Waals surface area contributed by atoms with E-state index in [1.54, 1.807) is 0 Å². The van der Waals surface area contributed by atoms with Crippen LogP contribution in [0.15, 0.2) is 0 Å². The highest BCUT2D eigenvalue weighted by Crippen LogP contribution is 2.62. The number of hydrogen-bond donors (Lipinski definition) is 0. The summed E-state index contributed by atoms with van der Waals surface area (Å²) in [6.45, 7) is 6.64. The maximum absolute atomic E-state index is 12.5. The van der Waals surface area contributed by atoms with Gasteiger partial charge < -0.3 is 14.4 Å². The number of hydrogen-bond acceptors (Lipinski definition) is 4. The molecule has 0 N–H and O–H groups in total. The van der Waals surface area contributed by atoms with Gasteiger partial charge in [0.25, 0.3) is 0 Å². The van der Waals surface area contributed by atoms with E-state index in [2.05, 4.69) is 11.8 Å². The Hall–Kier alpha value is -0.610. The molecule has 2 aliphatic carbocycles. The monoisotopic (exact) mass is 319 g/mol. The Morgan fingerprint density at radius 3 is 2.74 bits per heavy atom. The molecule has 1 spiro atoms. The van der Waals surface area contributed by atoms with E-state index in [0.717, 1.165) is 39.1 Å². The predicted octanol–water partition coefficient (Wildman–Crippen LogP) is 2.61. The van der Waals surface area contributed by atoms with Crippen LogP contribution in [0.25, 0.3) is 0 Å². The minimum absolute atomic E-state index is 0.0833. The number of fused-ring (bicyclic) bond motifs is 3. The molecule has 0 aromatic rings. The molecule has 5 rings (SSSR count). The lowest BCUT2D eigenvalue weighted by molar-refractivity contribution is -0.147. The molecule has 0 bridgehead atoms. The first-order chi connectivity index (χ1) is 11.1. The number of carbonyl (C=O) groups excluding carboxylic acids is 1. The van der Waals surface area contributed by atoms with Crippen molar-refractivity contribution in [2.45, 2.75) is 63.6 Å². The summed E-state index contributed by atoms with van der Waals surface area (Å²) in [4.78, 5) is 15.0. The molecule has 0 amide bonds. The van der Waals surface area contributed by atoms with Crippen LogP contribution < -0.4 is 0 Å². The highest BCUT2D eigenvalue weighted by molar-refractivity contribution is 5.75. The van der Waals surface area contributed by atoms with Gasteiger partial charge in [0, 0.05) is 12.5 Å². The van der Waals surface area contributed by atoms with Crippen LogP contribution in [0.1, 0.15) is 51.9 Å². The summed E-state index contributed by atoms with van der Waals surface area (Å²) in [7, 11) is 0. The summed E-state index contributed by atoms with van der Waals surface area (Å²) in [5.74, 6) is 1.27. The summed E-state index contributed by atoms with van der Waals surface area (Å²) < 4.78 is 11.9. The first-order valence-electron chi connectivity index (χ1n) is 9.67. The van der Waals surface area contributed by atoms with Gasteiger partial charge in [-0.25, -0.2) is 0 Å². The summed E-state index contributed by atoms with van der Waals surface area (Å²) in [6, 6.07) is 0. The largest absolute Gasteiger partial charge is 0.462 e. The Balaban J connectivity index is 1.38. The SMILES string of the molecule is CC12CCCC3(CO3)C1CC1C(C2)OC(=O)C1CN1CCCC1. The van der Waals surface area contributed by atoms with Gasteiger partial charge in [0.15, 0.2) is 0 Å². The van der Waals surface area contributed by atoms with Crippen LogP contribution in [0.5, 0.6) is 0 Å². The van der Waals surface area contributed by atoms with Crippen molar-refractivity contribution >= 4 is 5.97 Å². The summed E-state index contributed by atoms with van der Waals surface area (Å²) in [6.07, 6.45) is 8.74. The van der Waals surface area contributed by atoms with E-state index >= 15 is 0 Å². The van der Waals surface area contributed by atoms with E-state index < -0.39 is 0 Å². The zero-order valence-electron chi connectivity index (χ0n) is 14.3. The third kappa shape index (κ3) is 2.21. The molecule has 3 aliphatic heterocycles. The fourth-order valence-electron chi connectivity index (χ4n) is 6.41. The van der Waals surface area contributed by atoms with Crippen molar-refractivity contribution in [1.29, 1.82) is 0 Å². The molecule has 0 aromatic heterocycles. The van der Waals surface area contributed by atoms with Crippen molar-refractivity contribution in [3.63, 3.8) is 0 Å². The minimum atomic E-state index is 0.0833. The van der Waals surface area contributed by atoms with Gasteiger partial charge in [-0.1, -0.05) is 6.92 Å². The first kappa shape index (κ1) is 14.7. The molecule has 128 valence electrons. The second-order valence-corrected chi connectivity index (χ2v) is 9.11. The first-order valence-corrected chi connectivity index (χ1v) is 9.67. The Morgan fingerprint density at radius 2 is 2.00 bits per heavy atom. The molecule has 5 aliphatic rings. The number of esters is 1. The summed E-state index contributed by atoms with van der Waals surface area (Å²) >= 11 is 0. The van der Waals surface area contributed by atoms with Crippen LogP contribution in [0.4, 0.5) is 0 Å². The van der Waals surface area contributed by atoms with Gasteiger partial charge in [0.2, 0.25) is 0 Å². The van der Waals surface area contributed by atoms with E-state index in [4.69, 9.17) is 9.47 Å². The maximum Gasteiger partial charge on any atom is 0.310 e. The molecule has 0 aromatic carbocycles. The van der Waals surface area contributed by atoms with Crippen LogP contribution >= 0.6 is 0 Å². The molecule has 4 nitrogen and oxygen atoms in total. The molecule has 6 unspecified atom stereocenters. The number of likely N-dealkylation sites (tertiary alicyclic amines) is 1. The van der Waals surface area contributed by atoms with Crippen molar-refractivity contribution in [2.75, 3.05) is 26.2 Å². The van der Waals surface area contributed by atoms with Crippen LogP contribution in [0.2, 0.25) is 0 Å². The Bertz CT molecular complexity index is 511. The van der Waals surface area contributed by atoms with Crippen molar-refractivity contribution in [3.8, 4) is 0 Å². The van der Waals surface area contributed by atoms with Crippen LogP contribution in [0, 0.1) is 23.2 Å². The number of epoxide rings is 1. The van der Waals surface area contributed by atoms with Crippen molar-refractivity contribution < 1.29 is 14.3 Å². The predicted molar refractivity (Wildman–Crippen MR) is 85.9 cm³/mol. The van der Waals surface area contributed by atoms with Gasteiger partial charge in [0.05, 0.1) is 18.1 Å². The second kappa shape index (κ2) is 4.95. The number of ether oxygens (including phenoxy) is 2. The topological polar surface area (TPSA) is 42.1 Å². The van der Waals surface area contributed by atoms with Crippen LogP contribution in [-0.2, 0) is 14.3 Å². The van der Waals surface area contributed by atoms with Crippen molar-refractivity contribution in [2.24, 2.45) is 23.2 Å². The Labute approximate surface area is 138 Å². The van der Waals surface area contributed by atoms with E-state index in [1.165, 1.54) is 32.1 Å². The summed E-state index contributed by atoms with van der Waals surface area (Å²) in [5, 5.41) is 0. The highest BCUT2D eigenvalue weighted by Gasteiger charge is 2.65. The number of rotatable bonds is 2. The molecular weight excluding hydrogens is 290 g/mol. The van der Waals surface area contributed by atoms with E-state index in [0.29, 0.717) is 17.3 Å². The number of carbonyl (C=O) groups is 1. The molecule has 3 saturated heterocycles. The molecule has 3 heterocycles. The van der Waals surface area contributed by atoms with Crippen molar-refractivity contribution in [3.05, 3.63) is 0 Å². The molecule has 6 atom stereocenters. The fourth-order valence-corrected chi connectivity index (χ4v) is 6.41. The molecule has 23 heavy (non-hydrogen) atoms. The van der Waals surface area contributed by atoms with Crippen molar-refractivity contribution in [1.82, 2.24) is 4.90 Å². The molecule has 4 heteroatoms. The molecule has 0 radical (unpaired) electrons. The van der Waals surface area contributed by atoms with E-state index in [-0.39, 0.29) is 23.6 Å². The zero-order valence-corrected chi connectivity index (χ0v) is 14.3. The lowest BCUT2D eigenvalue weighted by Gasteiger charge is -2.51. The smallest absolute Gasteiger partial charge is 0.310 e. The van der Waals surface area contributed by atoms with Gasteiger partial charge in [-0.15, -0.1) is 0 Å².